The quantitative estimate of drug-likeness (QED) is 0.465. The van der Waals surface area contributed by atoms with E-state index < -0.39 is 23.8 Å². The first kappa shape index (κ1) is 20.0. The van der Waals surface area contributed by atoms with Crippen molar-refractivity contribution in [2.24, 2.45) is 5.73 Å². The summed E-state index contributed by atoms with van der Waals surface area (Å²) in [6.45, 7) is 1.50. The average molecular weight is 431 g/mol. The van der Waals surface area contributed by atoms with Gasteiger partial charge in [-0.2, -0.15) is 13.2 Å². The van der Waals surface area contributed by atoms with Gasteiger partial charge in [-0.05, 0) is 25.1 Å². The highest BCUT2D eigenvalue weighted by molar-refractivity contribution is 7.17. The first-order valence-electron chi connectivity index (χ1n) is 8.94. The lowest BCUT2D eigenvalue weighted by molar-refractivity contribution is -0.138. The number of rotatable bonds is 5. The van der Waals surface area contributed by atoms with Gasteiger partial charge in [0.1, 0.15) is 22.4 Å². The number of aromatic nitrogens is 2. The Morgan fingerprint density at radius 3 is 2.67 bits per heavy atom. The lowest BCUT2D eigenvalue weighted by atomic mass is 10.0. The van der Waals surface area contributed by atoms with Gasteiger partial charge >= 0.3 is 6.18 Å². The number of fused-ring (bicyclic) bond motifs is 1. The Morgan fingerprint density at radius 2 is 1.93 bits per heavy atom. The molecule has 154 valence electrons. The van der Waals surface area contributed by atoms with Gasteiger partial charge in [0.05, 0.1) is 22.3 Å². The molecule has 3 aromatic heterocycles. The largest absolute Gasteiger partial charge is 0.484 e. The van der Waals surface area contributed by atoms with E-state index in [2.05, 4.69) is 4.98 Å². The minimum atomic E-state index is -4.52. The van der Waals surface area contributed by atoms with Crippen molar-refractivity contribution in [3.8, 4) is 16.3 Å². The van der Waals surface area contributed by atoms with Crippen LogP contribution in [0.1, 0.15) is 33.8 Å². The molecule has 4 rings (SSSR count). The molecule has 0 saturated carbocycles. The van der Waals surface area contributed by atoms with Crippen molar-refractivity contribution in [3.05, 3.63) is 76.9 Å². The number of ether oxygens (including phenoxy) is 1. The van der Waals surface area contributed by atoms with Gasteiger partial charge in [-0.1, -0.05) is 24.3 Å². The van der Waals surface area contributed by atoms with Crippen LogP contribution in [0.2, 0.25) is 0 Å². The van der Waals surface area contributed by atoms with Gasteiger partial charge in [0.25, 0.3) is 5.91 Å². The number of pyridine rings is 1. The fourth-order valence-corrected chi connectivity index (χ4v) is 4.19. The highest BCUT2D eigenvalue weighted by Crippen LogP contribution is 2.40. The Bertz CT molecular complexity index is 1230. The second-order valence-corrected chi connectivity index (χ2v) is 7.64. The molecule has 0 radical (unpaired) electrons. The fourth-order valence-electron chi connectivity index (χ4n) is 3.24. The van der Waals surface area contributed by atoms with Crippen molar-refractivity contribution in [3.63, 3.8) is 0 Å². The Kier molecular flexibility index (Phi) is 4.98. The molecule has 1 unspecified atom stereocenters. The first-order valence-corrected chi connectivity index (χ1v) is 9.76. The average Bonchev–Trinajstić information content (AvgIpc) is 3.31. The number of nitrogens with zero attached hydrogens (tertiary/aromatic N) is 2. The summed E-state index contributed by atoms with van der Waals surface area (Å²) in [4.78, 5) is 17.1. The Hall–Kier alpha value is -3.33. The molecule has 0 aliphatic rings. The number of halogens is 3. The third-order valence-corrected chi connectivity index (χ3v) is 5.75. The van der Waals surface area contributed by atoms with E-state index in [-0.39, 0.29) is 16.2 Å². The number of hydrogen-bond donors (Lipinski definition) is 1. The van der Waals surface area contributed by atoms with Crippen molar-refractivity contribution >= 4 is 22.9 Å². The molecule has 1 atom stereocenters. The Morgan fingerprint density at radius 1 is 1.20 bits per heavy atom. The van der Waals surface area contributed by atoms with Gasteiger partial charge in [-0.25, -0.2) is 4.98 Å². The van der Waals surface area contributed by atoms with Gasteiger partial charge < -0.3 is 10.5 Å². The highest BCUT2D eigenvalue weighted by Gasteiger charge is 2.35. The smallest absolute Gasteiger partial charge is 0.416 e. The molecule has 3 heterocycles. The van der Waals surface area contributed by atoms with Crippen LogP contribution in [0, 0.1) is 0 Å². The fraction of sp³-hybridized carbons (Fsp3) is 0.143. The van der Waals surface area contributed by atoms with E-state index >= 15 is 0 Å². The maximum absolute atomic E-state index is 13.4. The van der Waals surface area contributed by atoms with Crippen LogP contribution in [0.4, 0.5) is 13.2 Å². The lowest BCUT2D eigenvalue weighted by Crippen LogP contribution is -2.15. The molecular weight excluding hydrogens is 415 g/mol. The van der Waals surface area contributed by atoms with Gasteiger partial charge in [-0.15, -0.1) is 11.3 Å². The minimum absolute atomic E-state index is 0.0250. The number of imidazole rings is 1. The van der Waals surface area contributed by atoms with Gasteiger partial charge in [0, 0.05) is 17.8 Å². The molecule has 4 aromatic rings. The van der Waals surface area contributed by atoms with Crippen LogP contribution in [-0.4, -0.2) is 15.3 Å². The van der Waals surface area contributed by atoms with E-state index in [9.17, 15) is 18.0 Å². The second kappa shape index (κ2) is 7.49. The molecule has 0 saturated heterocycles. The van der Waals surface area contributed by atoms with Crippen LogP contribution >= 0.6 is 11.3 Å². The zero-order valence-corrected chi connectivity index (χ0v) is 16.5. The molecule has 0 bridgehead atoms. The second-order valence-electron chi connectivity index (χ2n) is 6.59. The van der Waals surface area contributed by atoms with Crippen LogP contribution in [0.25, 0.3) is 16.2 Å². The number of hydrogen-bond acceptors (Lipinski definition) is 4. The van der Waals surface area contributed by atoms with E-state index in [0.29, 0.717) is 4.88 Å². The third-order valence-electron chi connectivity index (χ3n) is 4.60. The van der Waals surface area contributed by atoms with E-state index in [4.69, 9.17) is 10.5 Å². The van der Waals surface area contributed by atoms with Crippen molar-refractivity contribution in [1.29, 1.82) is 0 Å². The number of thiophene rings is 1. The van der Waals surface area contributed by atoms with Crippen LogP contribution in [0.3, 0.4) is 0 Å². The van der Waals surface area contributed by atoms with Crippen LogP contribution in [0.5, 0.6) is 5.75 Å². The molecule has 0 aliphatic carbocycles. The molecule has 1 amide bonds. The Balaban J connectivity index is 1.73. The predicted octanol–water partition coefficient (Wildman–Crippen LogP) is 5.32. The number of carbonyl (C=O) groups is 1. The van der Waals surface area contributed by atoms with Crippen LogP contribution in [-0.2, 0) is 6.18 Å². The molecule has 9 heteroatoms. The molecule has 0 aliphatic heterocycles. The van der Waals surface area contributed by atoms with Crippen LogP contribution in [0.15, 0.2) is 60.9 Å². The molecule has 30 heavy (non-hydrogen) atoms. The van der Waals surface area contributed by atoms with Crippen LogP contribution < -0.4 is 10.5 Å². The van der Waals surface area contributed by atoms with E-state index in [1.807, 2.05) is 28.8 Å². The monoisotopic (exact) mass is 431 g/mol. The Labute approximate surface area is 173 Å². The van der Waals surface area contributed by atoms with Crippen molar-refractivity contribution in [1.82, 2.24) is 9.38 Å². The highest BCUT2D eigenvalue weighted by atomic mass is 32.1. The minimum Gasteiger partial charge on any atom is -0.484 e. The molecule has 1 aromatic carbocycles. The summed E-state index contributed by atoms with van der Waals surface area (Å²) in [6, 6.07) is 12.3. The number of carbonyl (C=O) groups excluding carboxylic acids is 1. The maximum atomic E-state index is 13.4. The molecule has 5 nitrogen and oxygen atoms in total. The van der Waals surface area contributed by atoms with E-state index in [1.165, 1.54) is 25.1 Å². The zero-order chi connectivity index (χ0) is 21.5. The number of amides is 1. The number of primary amides is 1. The summed E-state index contributed by atoms with van der Waals surface area (Å²) in [5.41, 5.74) is 6.13. The summed E-state index contributed by atoms with van der Waals surface area (Å²) < 4.78 is 47.7. The maximum Gasteiger partial charge on any atom is 0.416 e. The van der Waals surface area contributed by atoms with Gasteiger partial charge in [-0.3, -0.25) is 9.20 Å². The van der Waals surface area contributed by atoms with E-state index in [1.54, 1.807) is 12.3 Å². The first-order chi connectivity index (χ1) is 14.3. The topological polar surface area (TPSA) is 69.6 Å². The SMILES string of the molecule is CC(Oc1cc(-c2cnc3ccccn23)sc1C(N)=O)c1ccccc1C(F)(F)F. The number of benzene rings is 1. The summed E-state index contributed by atoms with van der Waals surface area (Å²) >= 11 is 1.10. The standard InChI is InChI=1S/C21H16F3N3O2S/c1-12(13-6-2-3-7-14(13)21(22,23)24)29-16-10-17(30-19(16)20(25)28)15-11-26-18-8-4-5-9-27(15)18/h2-12H,1H3,(H2,25,28). The predicted molar refractivity (Wildman–Crippen MR) is 108 cm³/mol. The van der Waals surface area contributed by atoms with Crippen molar-refractivity contribution in [2.75, 3.05) is 0 Å². The molecule has 2 N–H and O–H groups in total. The molecule has 0 fully saturated rings. The summed E-state index contributed by atoms with van der Waals surface area (Å²) in [7, 11) is 0. The summed E-state index contributed by atoms with van der Waals surface area (Å²) in [5.74, 6) is -0.579. The van der Waals surface area contributed by atoms with Crippen molar-refractivity contribution < 1.29 is 22.7 Å². The summed E-state index contributed by atoms with van der Waals surface area (Å²) in [6.07, 6.45) is -2.00. The van der Waals surface area contributed by atoms with Gasteiger partial charge in [0.15, 0.2) is 0 Å². The van der Waals surface area contributed by atoms with Gasteiger partial charge in [0.2, 0.25) is 0 Å². The van der Waals surface area contributed by atoms with Crippen molar-refractivity contribution in [2.45, 2.75) is 19.2 Å². The summed E-state index contributed by atoms with van der Waals surface area (Å²) in [5, 5.41) is 0. The number of alkyl halides is 3. The normalized spacial score (nSPS) is 12.8. The third kappa shape index (κ3) is 3.63. The lowest BCUT2D eigenvalue weighted by Gasteiger charge is -2.19. The number of nitrogens with two attached hydrogens (primary N) is 1. The molecular formula is C21H16F3N3O2S. The zero-order valence-electron chi connectivity index (χ0n) is 15.7. The molecule has 0 spiro atoms. The van der Waals surface area contributed by atoms with E-state index in [0.717, 1.165) is 28.7 Å².